The summed E-state index contributed by atoms with van der Waals surface area (Å²) in [7, 11) is 1.20. The predicted molar refractivity (Wildman–Crippen MR) is 89.7 cm³/mol. The summed E-state index contributed by atoms with van der Waals surface area (Å²) >= 11 is 0. The number of fused-ring (bicyclic) bond motifs is 1. The number of hydrogen-bond acceptors (Lipinski definition) is 6. The van der Waals surface area contributed by atoms with Gasteiger partial charge >= 0.3 is 12.1 Å². The van der Waals surface area contributed by atoms with Gasteiger partial charge in [0.2, 0.25) is 5.91 Å². The molecule has 4 atom stereocenters. The molecule has 7 heteroatoms. The minimum absolute atomic E-state index is 0.0127. The number of carbonyl (C=O) groups is 4. The molecule has 26 heavy (non-hydrogen) atoms. The first-order valence-corrected chi connectivity index (χ1v) is 8.57. The van der Waals surface area contributed by atoms with Crippen molar-refractivity contribution < 1.29 is 28.7 Å². The zero-order valence-corrected chi connectivity index (χ0v) is 14.7. The van der Waals surface area contributed by atoms with Crippen LogP contribution in [0.5, 0.6) is 0 Å². The molecule has 0 bridgehead atoms. The molecule has 1 saturated heterocycles. The molecule has 1 aromatic rings. The number of benzene rings is 1. The SMILES string of the molecule is COC(=O)[C@@H]1[C@H]2CC(=O)C[C@H](C)[C@H]2C(=O)N1C(=O)OCc1ccccc1. The fourth-order valence-electron chi connectivity index (χ4n) is 4.00. The molecule has 2 amide bonds. The molecule has 0 unspecified atom stereocenters. The number of Topliss-reactive ketones (excluding diaryl/α,β-unsaturated/α-hetero) is 1. The van der Waals surface area contributed by atoms with E-state index >= 15 is 0 Å². The van der Waals surface area contributed by atoms with Gasteiger partial charge in [-0.25, -0.2) is 14.5 Å². The van der Waals surface area contributed by atoms with Gasteiger partial charge in [-0.1, -0.05) is 37.3 Å². The molecule has 1 heterocycles. The number of rotatable bonds is 3. The molecule has 1 aliphatic carbocycles. The van der Waals surface area contributed by atoms with Gasteiger partial charge in [0.25, 0.3) is 0 Å². The summed E-state index contributed by atoms with van der Waals surface area (Å²) < 4.78 is 10.0. The van der Waals surface area contributed by atoms with E-state index in [1.54, 1.807) is 19.1 Å². The van der Waals surface area contributed by atoms with E-state index in [9.17, 15) is 19.2 Å². The molecular formula is C19H21NO6. The number of imide groups is 1. The summed E-state index contributed by atoms with van der Waals surface area (Å²) in [5.74, 6) is -2.53. The molecule has 3 rings (SSSR count). The standard InChI is InChI=1S/C19H21NO6/c1-11-8-13(21)9-14-15(11)17(22)20(16(14)18(23)25-2)19(24)26-10-12-6-4-3-5-7-12/h3-7,11,14-16H,8-10H2,1-2H3/t11-,14-,15+,16-/m0/s1. The van der Waals surface area contributed by atoms with Crippen molar-refractivity contribution in [2.45, 2.75) is 32.4 Å². The molecule has 7 nitrogen and oxygen atoms in total. The van der Waals surface area contributed by atoms with Crippen LogP contribution in [0.2, 0.25) is 0 Å². The zero-order chi connectivity index (χ0) is 18.8. The summed E-state index contributed by atoms with van der Waals surface area (Å²) in [5, 5.41) is 0. The van der Waals surface area contributed by atoms with Gasteiger partial charge in [0.15, 0.2) is 0 Å². The van der Waals surface area contributed by atoms with Gasteiger partial charge in [0.05, 0.1) is 7.11 Å². The Balaban J connectivity index is 1.83. The van der Waals surface area contributed by atoms with E-state index in [0.717, 1.165) is 10.5 Å². The van der Waals surface area contributed by atoms with Crippen LogP contribution in [0.25, 0.3) is 0 Å². The van der Waals surface area contributed by atoms with Gasteiger partial charge < -0.3 is 9.47 Å². The number of amides is 2. The lowest BCUT2D eigenvalue weighted by atomic mass is 9.71. The number of likely N-dealkylation sites (tertiary alicyclic amines) is 1. The number of ether oxygens (including phenoxy) is 2. The van der Waals surface area contributed by atoms with Gasteiger partial charge in [-0.05, 0) is 11.5 Å². The molecule has 0 radical (unpaired) electrons. The van der Waals surface area contributed by atoms with Crippen molar-refractivity contribution in [3.63, 3.8) is 0 Å². The van der Waals surface area contributed by atoms with Crippen molar-refractivity contribution >= 4 is 23.8 Å². The maximum Gasteiger partial charge on any atom is 0.417 e. The highest BCUT2D eigenvalue weighted by Gasteiger charge is 2.58. The fourth-order valence-corrected chi connectivity index (χ4v) is 4.00. The molecule has 2 aliphatic rings. The Labute approximate surface area is 151 Å². The van der Waals surface area contributed by atoms with Crippen LogP contribution in [0.15, 0.2) is 30.3 Å². The Hall–Kier alpha value is -2.70. The first-order chi connectivity index (χ1) is 12.4. The summed E-state index contributed by atoms with van der Waals surface area (Å²) in [6.45, 7) is 1.78. The van der Waals surface area contributed by atoms with E-state index in [1.807, 2.05) is 18.2 Å². The van der Waals surface area contributed by atoms with Crippen LogP contribution < -0.4 is 0 Å². The maximum atomic E-state index is 12.8. The third-order valence-electron chi connectivity index (χ3n) is 5.14. The van der Waals surface area contributed by atoms with E-state index in [4.69, 9.17) is 9.47 Å². The van der Waals surface area contributed by atoms with E-state index in [1.165, 1.54) is 7.11 Å². The highest BCUT2D eigenvalue weighted by Crippen LogP contribution is 2.44. The van der Waals surface area contributed by atoms with Gasteiger partial charge in [0.1, 0.15) is 18.4 Å². The lowest BCUT2D eigenvalue weighted by molar-refractivity contribution is -0.149. The van der Waals surface area contributed by atoms with Crippen LogP contribution in [-0.2, 0) is 30.5 Å². The second-order valence-electron chi connectivity index (χ2n) is 6.83. The van der Waals surface area contributed by atoms with Crippen LogP contribution in [0.4, 0.5) is 4.79 Å². The molecule has 138 valence electrons. The summed E-state index contributed by atoms with van der Waals surface area (Å²) in [5.41, 5.74) is 0.767. The summed E-state index contributed by atoms with van der Waals surface area (Å²) in [6.07, 6.45) is -0.528. The normalized spacial score (nSPS) is 27.8. The average Bonchev–Trinajstić information content (AvgIpc) is 2.92. The van der Waals surface area contributed by atoms with Crippen LogP contribution >= 0.6 is 0 Å². The van der Waals surface area contributed by atoms with Crippen molar-refractivity contribution in [1.29, 1.82) is 0 Å². The smallest absolute Gasteiger partial charge is 0.417 e. The molecule has 0 N–H and O–H groups in total. The Bertz CT molecular complexity index is 731. The van der Waals surface area contributed by atoms with Crippen LogP contribution in [-0.4, -0.2) is 41.8 Å². The Kier molecular flexibility index (Phi) is 5.06. The lowest BCUT2D eigenvalue weighted by Gasteiger charge is -2.29. The predicted octanol–water partition coefficient (Wildman–Crippen LogP) is 1.94. The first-order valence-electron chi connectivity index (χ1n) is 8.57. The quantitative estimate of drug-likeness (QED) is 0.766. The zero-order valence-electron chi connectivity index (χ0n) is 14.7. The van der Waals surface area contributed by atoms with E-state index in [2.05, 4.69) is 0 Å². The Morgan fingerprint density at radius 3 is 2.50 bits per heavy atom. The minimum atomic E-state index is -1.12. The van der Waals surface area contributed by atoms with Crippen molar-refractivity contribution in [2.75, 3.05) is 7.11 Å². The van der Waals surface area contributed by atoms with Crippen LogP contribution in [0, 0.1) is 17.8 Å². The van der Waals surface area contributed by atoms with Crippen molar-refractivity contribution in [1.82, 2.24) is 4.90 Å². The number of methoxy groups -OCH3 is 1. The van der Waals surface area contributed by atoms with Gasteiger partial charge in [-0.3, -0.25) is 9.59 Å². The van der Waals surface area contributed by atoms with Crippen molar-refractivity contribution in [3.8, 4) is 0 Å². The van der Waals surface area contributed by atoms with Gasteiger partial charge in [-0.2, -0.15) is 0 Å². The number of hydrogen-bond donors (Lipinski definition) is 0. The average molecular weight is 359 g/mol. The summed E-state index contributed by atoms with van der Waals surface area (Å²) in [6, 6.07) is 7.92. The monoisotopic (exact) mass is 359 g/mol. The molecule has 0 aromatic heterocycles. The fraction of sp³-hybridized carbons (Fsp3) is 0.474. The van der Waals surface area contributed by atoms with E-state index < -0.39 is 35.8 Å². The molecular weight excluding hydrogens is 338 g/mol. The number of carbonyl (C=O) groups excluding carboxylic acids is 4. The number of nitrogens with zero attached hydrogens (tertiary/aromatic N) is 1. The second-order valence-corrected chi connectivity index (χ2v) is 6.83. The van der Waals surface area contributed by atoms with Crippen molar-refractivity contribution in [3.05, 3.63) is 35.9 Å². The van der Waals surface area contributed by atoms with Gasteiger partial charge in [0, 0.05) is 24.7 Å². The third-order valence-corrected chi connectivity index (χ3v) is 5.14. The molecule has 0 spiro atoms. The lowest BCUT2D eigenvalue weighted by Crippen LogP contribution is -2.46. The minimum Gasteiger partial charge on any atom is -0.467 e. The number of esters is 1. The molecule has 1 aliphatic heterocycles. The highest BCUT2D eigenvalue weighted by molar-refractivity contribution is 6.02. The first kappa shape index (κ1) is 18.1. The van der Waals surface area contributed by atoms with Crippen LogP contribution in [0.1, 0.15) is 25.3 Å². The molecule has 1 saturated carbocycles. The Morgan fingerprint density at radius 1 is 1.15 bits per heavy atom. The van der Waals surface area contributed by atoms with E-state index in [-0.39, 0.29) is 31.1 Å². The second kappa shape index (κ2) is 7.27. The Morgan fingerprint density at radius 2 is 1.85 bits per heavy atom. The number of ketones is 1. The molecule has 1 aromatic carbocycles. The van der Waals surface area contributed by atoms with Crippen LogP contribution in [0.3, 0.4) is 0 Å². The van der Waals surface area contributed by atoms with Gasteiger partial charge in [-0.15, -0.1) is 0 Å². The third kappa shape index (κ3) is 3.21. The van der Waals surface area contributed by atoms with E-state index in [0.29, 0.717) is 0 Å². The topological polar surface area (TPSA) is 90.0 Å². The highest BCUT2D eigenvalue weighted by atomic mass is 16.6. The largest absolute Gasteiger partial charge is 0.467 e. The summed E-state index contributed by atoms with van der Waals surface area (Å²) in [4.78, 5) is 50.5. The molecule has 2 fully saturated rings. The maximum absolute atomic E-state index is 12.8. The van der Waals surface area contributed by atoms with Crippen molar-refractivity contribution in [2.24, 2.45) is 17.8 Å².